The molecule has 1 saturated carbocycles. The molecule has 0 radical (unpaired) electrons. The van der Waals surface area contributed by atoms with Gasteiger partial charge in [0.2, 0.25) is 0 Å². The average molecular weight is 273 g/mol. The van der Waals surface area contributed by atoms with Crippen molar-refractivity contribution in [2.45, 2.75) is 37.8 Å². The van der Waals surface area contributed by atoms with E-state index in [4.69, 9.17) is 10.00 Å². The zero-order valence-corrected chi connectivity index (χ0v) is 11.6. The summed E-state index contributed by atoms with van der Waals surface area (Å²) in [6.07, 6.45) is 3.67. The Balaban J connectivity index is 1.89. The van der Waals surface area contributed by atoms with Crippen molar-refractivity contribution >= 4 is 11.8 Å². The summed E-state index contributed by atoms with van der Waals surface area (Å²) in [6.45, 7) is 0. The summed E-state index contributed by atoms with van der Waals surface area (Å²) in [5.74, 6) is 0. The van der Waals surface area contributed by atoms with E-state index in [0.29, 0.717) is 11.3 Å². The summed E-state index contributed by atoms with van der Waals surface area (Å²) < 4.78 is 5.48. The third-order valence-electron chi connectivity index (χ3n) is 3.59. The molecule has 0 saturated heterocycles. The highest BCUT2D eigenvalue weighted by Gasteiger charge is 2.26. The predicted octanol–water partition coefficient (Wildman–Crippen LogP) is 2.64. The van der Waals surface area contributed by atoms with Gasteiger partial charge in [-0.15, -0.1) is 0 Å². The van der Waals surface area contributed by atoms with Crippen LogP contribution in [0.5, 0.6) is 0 Å². The standard InChI is InChI=1S/C15H19N3O2/c1-17-13-4-2-3-5-14(13)20-15(19)18-12-8-6-11(10-16)7-9-12/h6-9,13-14,17H,2-5H2,1H3,(H,18,19). The Morgan fingerprint density at radius 3 is 2.65 bits per heavy atom. The Labute approximate surface area is 118 Å². The van der Waals surface area contributed by atoms with Crippen molar-refractivity contribution in [2.24, 2.45) is 0 Å². The van der Waals surface area contributed by atoms with E-state index in [1.807, 2.05) is 13.1 Å². The first-order chi connectivity index (χ1) is 9.72. The van der Waals surface area contributed by atoms with E-state index in [1.54, 1.807) is 24.3 Å². The lowest BCUT2D eigenvalue weighted by Crippen LogP contribution is -2.43. The Bertz CT molecular complexity index is 493. The van der Waals surface area contributed by atoms with Crippen LogP contribution in [0.2, 0.25) is 0 Å². The number of nitrogens with zero attached hydrogens (tertiary/aromatic N) is 1. The van der Waals surface area contributed by atoms with Crippen LogP contribution in [0.4, 0.5) is 10.5 Å². The normalized spacial score (nSPS) is 21.8. The Morgan fingerprint density at radius 2 is 2.00 bits per heavy atom. The molecule has 1 aromatic carbocycles. The first-order valence-electron chi connectivity index (χ1n) is 6.88. The molecule has 1 aliphatic carbocycles. The highest BCUT2D eigenvalue weighted by Crippen LogP contribution is 2.21. The molecular formula is C15H19N3O2. The summed E-state index contributed by atoms with van der Waals surface area (Å²) in [4.78, 5) is 11.9. The SMILES string of the molecule is CNC1CCCCC1OC(=O)Nc1ccc(C#N)cc1. The number of rotatable bonds is 3. The number of carbonyl (C=O) groups is 1. The van der Waals surface area contributed by atoms with Crippen LogP contribution < -0.4 is 10.6 Å². The zero-order chi connectivity index (χ0) is 14.4. The summed E-state index contributed by atoms with van der Waals surface area (Å²) in [7, 11) is 1.89. The van der Waals surface area contributed by atoms with Gasteiger partial charge in [-0.05, 0) is 50.6 Å². The molecule has 5 nitrogen and oxygen atoms in total. The van der Waals surface area contributed by atoms with Crippen LogP contribution in [0.1, 0.15) is 31.2 Å². The summed E-state index contributed by atoms with van der Waals surface area (Å²) >= 11 is 0. The topological polar surface area (TPSA) is 74.2 Å². The van der Waals surface area contributed by atoms with E-state index in [-0.39, 0.29) is 12.1 Å². The molecule has 2 rings (SSSR count). The number of benzene rings is 1. The Kier molecular flexibility index (Phi) is 4.97. The van der Waals surface area contributed by atoms with Crippen molar-refractivity contribution in [1.29, 1.82) is 5.26 Å². The average Bonchev–Trinajstić information content (AvgIpc) is 2.48. The molecule has 1 fully saturated rings. The number of nitriles is 1. The van der Waals surface area contributed by atoms with Crippen LogP contribution in [0.15, 0.2) is 24.3 Å². The van der Waals surface area contributed by atoms with Crippen LogP contribution in [0.3, 0.4) is 0 Å². The zero-order valence-electron chi connectivity index (χ0n) is 11.6. The van der Waals surface area contributed by atoms with Crippen LogP contribution >= 0.6 is 0 Å². The van der Waals surface area contributed by atoms with Crippen molar-refractivity contribution in [3.05, 3.63) is 29.8 Å². The second kappa shape index (κ2) is 6.92. The van der Waals surface area contributed by atoms with E-state index >= 15 is 0 Å². The van der Waals surface area contributed by atoms with Crippen LogP contribution in [0, 0.1) is 11.3 Å². The lowest BCUT2D eigenvalue weighted by atomic mass is 9.92. The number of hydrogen-bond acceptors (Lipinski definition) is 4. The molecule has 0 bridgehead atoms. The monoisotopic (exact) mass is 273 g/mol. The molecule has 2 atom stereocenters. The largest absolute Gasteiger partial charge is 0.444 e. The lowest BCUT2D eigenvalue weighted by molar-refractivity contribution is 0.0640. The minimum Gasteiger partial charge on any atom is -0.444 e. The molecule has 2 unspecified atom stereocenters. The number of carbonyl (C=O) groups excluding carboxylic acids is 1. The number of anilines is 1. The van der Waals surface area contributed by atoms with Gasteiger partial charge in [0.1, 0.15) is 6.10 Å². The molecule has 1 aliphatic rings. The van der Waals surface area contributed by atoms with Crippen molar-refractivity contribution in [1.82, 2.24) is 5.32 Å². The van der Waals surface area contributed by atoms with Gasteiger partial charge in [0.25, 0.3) is 0 Å². The predicted molar refractivity (Wildman–Crippen MR) is 76.4 cm³/mol. The second-order valence-electron chi connectivity index (χ2n) is 4.94. The molecule has 20 heavy (non-hydrogen) atoms. The minimum absolute atomic E-state index is 0.0767. The first kappa shape index (κ1) is 14.4. The van der Waals surface area contributed by atoms with E-state index in [0.717, 1.165) is 19.3 Å². The second-order valence-corrected chi connectivity index (χ2v) is 4.94. The van der Waals surface area contributed by atoms with Crippen molar-refractivity contribution in [2.75, 3.05) is 12.4 Å². The molecule has 106 valence electrons. The minimum atomic E-state index is -0.443. The van der Waals surface area contributed by atoms with Crippen LogP contribution in [-0.4, -0.2) is 25.3 Å². The van der Waals surface area contributed by atoms with Gasteiger partial charge in [-0.25, -0.2) is 4.79 Å². The molecule has 0 aromatic heterocycles. The maximum atomic E-state index is 11.9. The molecule has 0 spiro atoms. The maximum absolute atomic E-state index is 11.9. The first-order valence-corrected chi connectivity index (χ1v) is 6.88. The molecule has 1 amide bonds. The quantitative estimate of drug-likeness (QED) is 0.887. The third-order valence-corrected chi connectivity index (χ3v) is 3.59. The smallest absolute Gasteiger partial charge is 0.411 e. The number of nitrogens with one attached hydrogen (secondary N) is 2. The van der Waals surface area contributed by atoms with Crippen molar-refractivity contribution in [3.63, 3.8) is 0 Å². The lowest BCUT2D eigenvalue weighted by Gasteiger charge is -2.30. The molecular weight excluding hydrogens is 254 g/mol. The molecule has 0 heterocycles. The van der Waals surface area contributed by atoms with Gasteiger partial charge in [0.15, 0.2) is 0 Å². The fraction of sp³-hybridized carbons (Fsp3) is 0.467. The molecule has 2 N–H and O–H groups in total. The van der Waals surface area contributed by atoms with E-state index in [2.05, 4.69) is 10.6 Å². The third kappa shape index (κ3) is 3.72. The highest BCUT2D eigenvalue weighted by molar-refractivity contribution is 5.84. The fourth-order valence-electron chi connectivity index (χ4n) is 2.48. The number of ether oxygens (including phenoxy) is 1. The number of amides is 1. The maximum Gasteiger partial charge on any atom is 0.411 e. The molecule has 1 aromatic rings. The van der Waals surface area contributed by atoms with Gasteiger partial charge in [-0.1, -0.05) is 6.42 Å². The van der Waals surface area contributed by atoms with Crippen molar-refractivity contribution in [3.8, 4) is 6.07 Å². The summed E-state index contributed by atoms with van der Waals surface area (Å²) in [5.41, 5.74) is 1.19. The van der Waals surface area contributed by atoms with Crippen LogP contribution in [0.25, 0.3) is 0 Å². The van der Waals surface area contributed by atoms with Gasteiger partial charge in [-0.2, -0.15) is 5.26 Å². The highest BCUT2D eigenvalue weighted by atomic mass is 16.6. The Morgan fingerprint density at radius 1 is 1.30 bits per heavy atom. The van der Waals surface area contributed by atoms with E-state index in [9.17, 15) is 4.79 Å². The molecule has 5 heteroatoms. The van der Waals surface area contributed by atoms with E-state index in [1.165, 1.54) is 6.42 Å². The van der Waals surface area contributed by atoms with Gasteiger partial charge in [0, 0.05) is 11.7 Å². The summed E-state index contributed by atoms with van der Waals surface area (Å²) in [5, 5.41) is 14.6. The number of likely N-dealkylation sites (N-methyl/N-ethyl adjacent to an activating group) is 1. The fourth-order valence-corrected chi connectivity index (χ4v) is 2.48. The van der Waals surface area contributed by atoms with Crippen molar-refractivity contribution < 1.29 is 9.53 Å². The van der Waals surface area contributed by atoms with Gasteiger partial charge in [-0.3, -0.25) is 5.32 Å². The Hall–Kier alpha value is -2.06. The van der Waals surface area contributed by atoms with Gasteiger partial charge >= 0.3 is 6.09 Å². The number of hydrogen-bond donors (Lipinski definition) is 2. The van der Waals surface area contributed by atoms with Gasteiger partial charge < -0.3 is 10.1 Å². The van der Waals surface area contributed by atoms with Crippen LogP contribution in [-0.2, 0) is 4.74 Å². The molecule has 0 aliphatic heterocycles. The van der Waals surface area contributed by atoms with E-state index < -0.39 is 6.09 Å². The summed E-state index contributed by atoms with van der Waals surface area (Å²) in [6, 6.07) is 8.97. The van der Waals surface area contributed by atoms with Gasteiger partial charge in [0.05, 0.1) is 11.6 Å².